The summed E-state index contributed by atoms with van der Waals surface area (Å²) in [6, 6.07) is 5.76. The Kier molecular flexibility index (Phi) is 4.06. The van der Waals surface area contributed by atoms with Gasteiger partial charge in [0.25, 0.3) is 0 Å². The molecule has 1 aromatic carbocycles. The highest BCUT2D eigenvalue weighted by Gasteiger charge is 2.05. The average Bonchev–Trinajstić information content (AvgIpc) is 2.15. The Bertz CT molecular complexity index is 276. The van der Waals surface area contributed by atoms with Gasteiger partial charge in [-0.25, -0.2) is 0 Å². The minimum atomic E-state index is 0.665. The molecule has 0 bridgehead atoms. The molecule has 2 nitrogen and oxygen atoms in total. The molecule has 0 aliphatic rings. The molecule has 1 N–H and O–H groups in total. The van der Waals surface area contributed by atoms with Gasteiger partial charge in [0, 0.05) is 12.1 Å². The third-order valence-corrected chi connectivity index (χ3v) is 2.12. The molecule has 0 atom stereocenters. The van der Waals surface area contributed by atoms with E-state index in [0.717, 1.165) is 24.4 Å². The van der Waals surface area contributed by atoms with Crippen molar-refractivity contribution in [3.8, 4) is 5.75 Å². The van der Waals surface area contributed by atoms with Gasteiger partial charge in [0.2, 0.25) is 0 Å². The van der Waals surface area contributed by atoms with E-state index in [0.29, 0.717) is 5.02 Å². The van der Waals surface area contributed by atoms with Crippen molar-refractivity contribution in [2.45, 2.75) is 13.5 Å². The molecule has 3 heteroatoms. The molecule has 0 heterocycles. The van der Waals surface area contributed by atoms with Gasteiger partial charge in [0.15, 0.2) is 0 Å². The van der Waals surface area contributed by atoms with E-state index < -0.39 is 0 Å². The molecular formula is C10H14ClNO. The second-order valence-electron chi connectivity index (χ2n) is 2.71. The van der Waals surface area contributed by atoms with Crippen molar-refractivity contribution in [1.82, 2.24) is 5.32 Å². The molecule has 0 saturated heterocycles. The Morgan fingerprint density at radius 3 is 2.85 bits per heavy atom. The van der Waals surface area contributed by atoms with Gasteiger partial charge in [0.05, 0.1) is 12.1 Å². The Hall–Kier alpha value is -0.730. The Balaban J connectivity index is 2.85. The van der Waals surface area contributed by atoms with Crippen molar-refractivity contribution in [2.24, 2.45) is 0 Å². The lowest BCUT2D eigenvalue weighted by atomic mass is 10.2. The highest BCUT2D eigenvalue weighted by molar-refractivity contribution is 6.32. The van der Waals surface area contributed by atoms with Crippen LogP contribution in [0.4, 0.5) is 0 Å². The van der Waals surface area contributed by atoms with Gasteiger partial charge in [-0.15, -0.1) is 0 Å². The van der Waals surface area contributed by atoms with Crippen molar-refractivity contribution in [1.29, 1.82) is 0 Å². The summed E-state index contributed by atoms with van der Waals surface area (Å²) >= 11 is 5.96. The largest absolute Gasteiger partial charge is 0.495 e. The van der Waals surface area contributed by atoms with E-state index in [9.17, 15) is 0 Å². The first kappa shape index (κ1) is 10.4. The molecular weight excluding hydrogens is 186 g/mol. The summed E-state index contributed by atoms with van der Waals surface area (Å²) in [6.45, 7) is 3.80. The summed E-state index contributed by atoms with van der Waals surface area (Å²) in [4.78, 5) is 0. The number of para-hydroxylation sites is 1. The van der Waals surface area contributed by atoms with Crippen LogP contribution in [0.3, 0.4) is 0 Å². The lowest BCUT2D eigenvalue weighted by molar-refractivity contribution is 0.408. The predicted molar refractivity (Wildman–Crippen MR) is 55.4 cm³/mol. The molecule has 0 fully saturated rings. The molecule has 13 heavy (non-hydrogen) atoms. The number of hydrogen-bond donors (Lipinski definition) is 1. The molecule has 0 aliphatic heterocycles. The summed E-state index contributed by atoms with van der Waals surface area (Å²) in [6.07, 6.45) is 0. The molecule has 1 aromatic rings. The lowest BCUT2D eigenvalue weighted by Gasteiger charge is -2.09. The number of methoxy groups -OCH3 is 1. The molecule has 72 valence electrons. The number of ether oxygens (including phenoxy) is 1. The number of halogens is 1. The van der Waals surface area contributed by atoms with Crippen LogP contribution in [0.2, 0.25) is 5.02 Å². The first-order chi connectivity index (χ1) is 6.29. The maximum Gasteiger partial charge on any atom is 0.141 e. The van der Waals surface area contributed by atoms with Crippen molar-refractivity contribution in [2.75, 3.05) is 13.7 Å². The van der Waals surface area contributed by atoms with Crippen LogP contribution in [-0.2, 0) is 6.54 Å². The average molecular weight is 200 g/mol. The Labute approximate surface area is 83.9 Å². The highest BCUT2D eigenvalue weighted by atomic mass is 35.5. The summed E-state index contributed by atoms with van der Waals surface area (Å²) in [5, 5.41) is 3.89. The third kappa shape index (κ3) is 2.61. The van der Waals surface area contributed by atoms with Crippen molar-refractivity contribution in [3.63, 3.8) is 0 Å². The van der Waals surface area contributed by atoms with Crippen LogP contribution in [0.5, 0.6) is 5.75 Å². The van der Waals surface area contributed by atoms with Crippen LogP contribution < -0.4 is 10.1 Å². The SMILES string of the molecule is CCNCc1cccc(Cl)c1OC. The quantitative estimate of drug-likeness (QED) is 0.805. The molecule has 0 aliphatic carbocycles. The Morgan fingerprint density at radius 1 is 1.46 bits per heavy atom. The molecule has 0 unspecified atom stereocenters. The number of nitrogens with one attached hydrogen (secondary N) is 1. The van der Waals surface area contributed by atoms with Crippen LogP contribution in [-0.4, -0.2) is 13.7 Å². The monoisotopic (exact) mass is 199 g/mol. The second-order valence-corrected chi connectivity index (χ2v) is 3.12. The molecule has 0 saturated carbocycles. The fraction of sp³-hybridized carbons (Fsp3) is 0.400. The van der Waals surface area contributed by atoms with E-state index in [1.165, 1.54) is 0 Å². The molecule has 0 aromatic heterocycles. The van der Waals surface area contributed by atoms with Crippen LogP contribution in [0, 0.1) is 0 Å². The van der Waals surface area contributed by atoms with E-state index >= 15 is 0 Å². The zero-order chi connectivity index (χ0) is 9.68. The van der Waals surface area contributed by atoms with E-state index in [1.54, 1.807) is 7.11 Å². The topological polar surface area (TPSA) is 21.3 Å². The standard InChI is InChI=1S/C10H14ClNO/c1-3-12-7-8-5-4-6-9(11)10(8)13-2/h4-6,12H,3,7H2,1-2H3. The van der Waals surface area contributed by atoms with Gasteiger partial charge in [-0.3, -0.25) is 0 Å². The van der Waals surface area contributed by atoms with Crippen molar-refractivity contribution in [3.05, 3.63) is 28.8 Å². The lowest BCUT2D eigenvalue weighted by Crippen LogP contribution is -2.12. The number of hydrogen-bond acceptors (Lipinski definition) is 2. The summed E-state index contributed by atoms with van der Waals surface area (Å²) in [7, 11) is 1.64. The normalized spacial score (nSPS) is 10.1. The van der Waals surface area contributed by atoms with Gasteiger partial charge in [-0.1, -0.05) is 30.7 Å². The fourth-order valence-corrected chi connectivity index (χ4v) is 1.45. The van der Waals surface area contributed by atoms with Gasteiger partial charge in [-0.2, -0.15) is 0 Å². The van der Waals surface area contributed by atoms with Crippen LogP contribution in [0.1, 0.15) is 12.5 Å². The van der Waals surface area contributed by atoms with Crippen LogP contribution in [0.15, 0.2) is 18.2 Å². The van der Waals surface area contributed by atoms with E-state index in [-0.39, 0.29) is 0 Å². The van der Waals surface area contributed by atoms with E-state index in [2.05, 4.69) is 12.2 Å². The predicted octanol–water partition coefficient (Wildman–Crippen LogP) is 2.46. The first-order valence-electron chi connectivity index (χ1n) is 4.31. The van der Waals surface area contributed by atoms with Crippen molar-refractivity contribution < 1.29 is 4.74 Å². The maximum absolute atomic E-state index is 5.96. The van der Waals surface area contributed by atoms with Gasteiger partial charge >= 0.3 is 0 Å². The Morgan fingerprint density at radius 2 is 2.23 bits per heavy atom. The van der Waals surface area contributed by atoms with Gasteiger partial charge in [0.1, 0.15) is 5.75 Å². The molecule has 0 radical (unpaired) electrons. The van der Waals surface area contributed by atoms with Gasteiger partial charge < -0.3 is 10.1 Å². The first-order valence-corrected chi connectivity index (χ1v) is 4.69. The van der Waals surface area contributed by atoms with Crippen LogP contribution >= 0.6 is 11.6 Å². The number of benzene rings is 1. The summed E-state index contributed by atoms with van der Waals surface area (Å²) < 4.78 is 5.20. The smallest absolute Gasteiger partial charge is 0.141 e. The summed E-state index contributed by atoms with van der Waals surface area (Å²) in [5.41, 5.74) is 1.09. The van der Waals surface area contributed by atoms with E-state index in [1.807, 2.05) is 18.2 Å². The molecule has 0 spiro atoms. The third-order valence-electron chi connectivity index (χ3n) is 1.82. The zero-order valence-corrected chi connectivity index (χ0v) is 8.69. The van der Waals surface area contributed by atoms with Gasteiger partial charge in [-0.05, 0) is 12.6 Å². The summed E-state index contributed by atoms with van der Waals surface area (Å²) in [5.74, 6) is 0.769. The minimum absolute atomic E-state index is 0.665. The van der Waals surface area contributed by atoms with Crippen LogP contribution in [0.25, 0.3) is 0 Å². The fourth-order valence-electron chi connectivity index (χ4n) is 1.18. The zero-order valence-electron chi connectivity index (χ0n) is 7.93. The highest BCUT2D eigenvalue weighted by Crippen LogP contribution is 2.27. The molecule has 1 rings (SSSR count). The number of rotatable bonds is 4. The minimum Gasteiger partial charge on any atom is -0.495 e. The second kappa shape index (κ2) is 5.10. The van der Waals surface area contributed by atoms with E-state index in [4.69, 9.17) is 16.3 Å². The van der Waals surface area contributed by atoms with Crippen molar-refractivity contribution >= 4 is 11.6 Å². The maximum atomic E-state index is 5.96. The molecule has 0 amide bonds.